The van der Waals surface area contributed by atoms with E-state index < -0.39 is 12.1 Å². The zero-order valence-corrected chi connectivity index (χ0v) is 24.3. The maximum Gasteiger partial charge on any atom is 0.245 e. The number of ether oxygens (including phenoxy) is 3. The summed E-state index contributed by atoms with van der Waals surface area (Å²) in [5.74, 6) is 2.13. The van der Waals surface area contributed by atoms with Crippen LogP contribution in [-0.2, 0) is 27.3 Å². The second-order valence-corrected chi connectivity index (χ2v) is 12.1. The van der Waals surface area contributed by atoms with Crippen molar-refractivity contribution in [1.82, 2.24) is 20.4 Å². The number of nitrogens with zero attached hydrogens (tertiary/aromatic N) is 2. The Labute approximate surface area is 246 Å². The number of hydrogen-bond donors (Lipinski definition) is 2. The summed E-state index contributed by atoms with van der Waals surface area (Å²) in [5.41, 5.74) is 2.08. The molecule has 3 fully saturated rings. The van der Waals surface area contributed by atoms with Gasteiger partial charge >= 0.3 is 0 Å². The summed E-state index contributed by atoms with van der Waals surface area (Å²) >= 11 is 0. The number of nitrogens with one attached hydrogen (secondary N) is 2. The molecule has 0 unspecified atom stereocenters. The number of hydrogen-bond acceptors (Lipinski definition) is 7. The Morgan fingerprint density at radius 1 is 1.00 bits per heavy atom. The van der Waals surface area contributed by atoms with Gasteiger partial charge in [0.25, 0.3) is 0 Å². The van der Waals surface area contributed by atoms with Crippen LogP contribution in [-0.4, -0.2) is 79.2 Å². The number of rotatable bonds is 5. The molecule has 2 bridgehead atoms. The highest BCUT2D eigenvalue weighted by Gasteiger charge is 2.44. The second-order valence-electron chi connectivity index (χ2n) is 12.1. The highest BCUT2D eigenvalue weighted by molar-refractivity contribution is 5.92. The summed E-state index contributed by atoms with van der Waals surface area (Å²) in [6.07, 6.45) is 3.21. The quantitative estimate of drug-likeness (QED) is 0.563. The van der Waals surface area contributed by atoms with E-state index in [1.54, 1.807) is 14.0 Å². The van der Waals surface area contributed by atoms with Gasteiger partial charge in [-0.1, -0.05) is 30.3 Å². The zero-order chi connectivity index (χ0) is 29.2. The lowest BCUT2D eigenvalue weighted by Crippen LogP contribution is -2.63. The van der Waals surface area contributed by atoms with Crippen molar-refractivity contribution < 1.29 is 28.6 Å². The lowest BCUT2D eigenvalue weighted by atomic mass is 9.77. The van der Waals surface area contributed by atoms with Gasteiger partial charge in [-0.15, -0.1) is 0 Å². The Balaban J connectivity index is 1.23. The van der Waals surface area contributed by atoms with Gasteiger partial charge in [0.1, 0.15) is 12.1 Å². The van der Waals surface area contributed by atoms with E-state index in [0.29, 0.717) is 49.0 Å². The molecule has 0 aliphatic carbocycles. The summed E-state index contributed by atoms with van der Waals surface area (Å²) in [5, 5.41) is 5.80. The first-order valence-corrected chi connectivity index (χ1v) is 15.0. The molecule has 2 aromatic rings. The molecule has 0 aromatic heterocycles. The number of fused-ring (bicyclic) bond motifs is 5. The number of piperidine rings is 2. The largest absolute Gasteiger partial charge is 0.493 e. The van der Waals surface area contributed by atoms with Crippen LogP contribution in [0.3, 0.4) is 0 Å². The molecular formula is C32H40N4O6. The summed E-state index contributed by atoms with van der Waals surface area (Å²) in [6, 6.07) is 12.4. The van der Waals surface area contributed by atoms with Gasteiger partial charge in [0.15, 0.2) is 11.5 Å². The normalized spacial score (nSPS) is 28.2. The van der Waals surface area contributed by atoms with Gasteiger partial charge in [0.05, 0.1) is 7.11 Å². The van der Waals surface area contributed by atoms with E-state index in [0.717, 1.165) is 43.6 Å². The number of amides is 3. The molecule has 2 N–H and O–H groups in total. The second kappa shape index (κ2) is 12.2. The molecule has 4 aliphatic heterocycles. The van der Waals surface area contributed by atoms with E-state index in [1.165, 1.54) is 0 Å². The fraction of sp³-hybridized carbons (Fsp3) is 0.531. The molecule has 4 heterocycles. The van der Waals surface area contributed by atoms with Crippen LogP contribution >= 0.6 is 0 Å². The van der Waals surface area contributed by atoms with Gasteiger partial charge in [-0.2, -0.15) is 0 Å². The van der Waals surface area contributed by atoms with Crippen molar-refractivity contribution >= 4 is 17.7 Å². The Bertz CT molecular complexity index is 1320. The standard InChI is InChI=1S/C32H40N4O6/c1-20-31(38)34-25(12-21-7-4-3-5-8-21)32(39)36-17-23-11-24(26(36)9-6-10-29(37)33-20)18-35(16-23)15-22-13-27(40-2)30-28(14-22)41-19-42-30/h3-5,7-8,13-14,20,23-26H,6,9-12,15-19H2,1-2H3,(H,33,37)(H,34,38)/t20-,23+,24-,25+,26+/m1/s1. The van der Waals surface area contributed by atoms with Crippen molar-refractivity contribution in [1.29, 1.82) is 0 Å². The van der Waals surface area contributed by atoms with Crippen LogP contribution in [0.5, 0.6) is 17.2 Å². The van der Waals surface area contributed by atoms with Crippen molar-refractivity contribution in [3.63, 3.8) is 0 Å². The third-order valence-corrected chi connectivity index (χ3v) is 9.02. The Morgan fingerprint density at radius 3 is 2.64 bits per heavy atom. The predicted octanol–water partition coefficient (Wildman–Crippen LogP) is 2.49. The lowest BCUT2D eigenvalue weighted by Gasteiger charge is -2.51. The van der Waals surface area contributed by atoms with E-state index in [-0.39, 0.29) is 36.5 Å². The molecule has 6 rings (SSSR count). The maximum atomic E-state index is 14.3. The summed E-state index contributed by atoms with van der Waals surface area (Å²) in [6.45, 7) is 4.97. The third kappa shape index (κ3) is 6.04. The van der Waals surface area contributed by atoms with Crippen molar-refractivity contribution in [2.45, 2.75) is 63.7 Å². The molecule has 3 amide bonds. The van der Waals surface area contributed by atoms with Gasteiger partial charge in [-0.25, -0.2) is 0 Å². The minimum absolute atomic E-state index is 0.00247. The molecule has 0 radical (unpaired) electrons. The van der Waals surface area contributed by atoms with Gasteiger partial charge in [0.2, 0.25) is 30.3 Å². The van der Waals surface area contributed by atoms with Crippen LogP contribution in [0.4, 0.5) is 0 Å². The lowest BCUT2D eigenvalue weighted by molar-refractivity contribution is -0.146. The Hall–Kier alpha value is -3.79. The first kappa shape index (κ1) is 28.3. The summed E-state index contributed by atoms with van der Waals surface area (Å²) < 4.78 is 16.8. The molecule has 0 saturated carbocycles. The molecule has 224 valence electrons. The average Bonchev–Trinajstić information content (AvgIpc) is 3.45. The number of carbonyl (C=O) groups is 3. The van der Waals surface area contributed by atoms with Crippen LogP contribution in [0.2, 0.25) is 0 Å². The van der Waals surface area contributed by atoms with Crippen LogP contribution in [0.25, 0.3) is 0 Å². The number of methoxy groups -OCH3 is 1. The Kier molecular flexibility index (Phi) is 8.24. The van der Waals surface area contributed by atoms with E-state index in [4.69, 9.17) is 14.2 Å². The molecule has 0 spiro atoms. The highest BCUT2D eigenvalue weighted by Crippen LogP contribution is 2.43. The summed E-state index contributed by atoms with van der Waals surface area (Å²) in [7, 11) is 1.63. The number of carbonyl (C=O) groups excluding carboxylic acids is 3. The van der Waals surface area contributed by atoms with E-state index in [2.05, 4.69) is 15.5 Å². The summed E-state index contributed by atoms with van der Waals surface area (Å²) in [4.78, 5) is 44.5. The minimum Gasteiger partial charge on any atom is -0.493 e. The minimum atomic E-state index is -0.706. The van der Waals surface area contributed by atoms with Crippen molar-refractivity contribution in [3.8, 4) is 17.2 Å². The van der Waals surface area contributed by atoms with Crippen LogP contribution in [0, 0.1) is 11.8 Å². The van der Waals surface area contributed by atoms with E-state index >= 15 is 0 Å². The first-order chi connectivity index (χ1) is 20.4. The fourth-order valence-corrected chi connectivity index (χ4v) is 7.13. The molecule has 42 heavy (non-hydrogen) atoms. The SMILES string of the molecule is COc1cc(CN2C[C@@H]3C[C@H](C2)[C@@H]2CCCC(=O)N[C@H](C)C(=O)N[C@@H](Cc4ccccc4)C(=O)N2C3)cc2c1OCO2. The van der Waals surface area contributed by atoms with Crippen LogP contribution in [0.15, 0.2) is 42.5 Å². The number of likely N-dealkylation sites (tertiary alicyclic amines) is 1. The predicted molar refractivity (Wildman–Crippen MR) is 155 cm³/mol. The third-order valence-electron chi connectivity index (χ3n) is 9.02. The zero-order valence-electron chi connectivity index (χ0n) is 24.3. The average molecular weight is 577 g/mol. The van der Waals surface area contributed by atoms with Crippen molar-refractivity contribution in [2.24, 2.45) is 11.8 Å². The van der Waals surface area contributed by atoms with Crippen molar-refractivity contribution in [3.05, 3.63) is 53.6 Å². The fourth-order valence-electron chi connectivity index (χ4n) is 7.13. The molecule has 2 aromatic carbocycles. The molecule has 4 aliphatic rings. The molecular weight excluding hydrogens is 536 g/mol. The van der Waals surface area contributed by atoms with E-state index in [9.17, 15) is 14.4 Å². The smallest absolute Gasteiger partial charge is 0.245 e. The topological polar surface area (TPSA) is 109 Å². The van der Waals surface area contributed by atoms with Gasteiger partial charge in [-0.05, 0) is 61.3 Å². The molecule has 10 nitrogen and oxygen atoms in total. The molecule has 5 atom stereocenters. The Morgan fingerprint density at radius 2 is 1.83 bits per heavy atom. The highest BCUT2D eigenvalue weighted by atomic mass is 16.7. The first-order valence-electron chi connectivity index (χ1n) is 15.0. The van der Waals surface area contributed by atoms with Crippen LogP contribution in [0.1, 0.15) is 43.7 Å². The van der Waals surface area contributed by atoms with Crippen molar-refractivity contribution in [2.75, 3.05) is 33.5 Å². The van der Waals surface area contributed by atoms with E-state index in [1.807, 2.05) is 47.4 Å². The van der Waals surface area contributed by atoms with Crippen LogP contribution < -0.4 is 24.8 Å². The molecule has 3 saturated heterocycles. The maximum absolute atomic E-state index is 14.3. The monoisotopic (exact) mass is 576 g/mol. The number of benzene rings is 2. The van der Waals surface area contributed by atoms with Gasteiger partial charge in [0, 0.05) is 45.1 Å². The van der Waals surface area contributed by atoms with Gasteiger partial charge in [-0.3, -0.25) is 19.3 Å². The van der Waals surface area contributed by atoms with Gasteiger partial charge < -0.3 is 29.7 Å². The molecule has 10 heteroatoms.